The van der Waals surface area contributed by atoms with Crippen LogP contribution in [0.3, 0.4) is 0 Å². The van der Waals surface area contributed by atoms with Gasteiger partial charge in [-0.3, -0.25) is 14.3 Å². The molecule has 0 aliphatic carbocycles. The Hall–Kier alpha value is -1.81. The summed E-state index contributed by atoms with van der Waals surface area (Å²) < 4.78 is 1.17. The van der Waals surface area contributed by atoms with Gasteiger partial charge in [0.1, 0.15) is 5.15 Å². The van der Waals surface area contributed by atoms with Crippen LogP contribution < -0.4 is 11.2 Å². The lowest BCUT2D eigenvalue weighted by molar-refractivity contribution is 0.617. The van der Waals surface area contributed by atoms with Crippen molar-refractivity contribution in [3.63, 3.8) is 0 Å². The maximum atomic E-state index is 12.3. The number of halogens is 1. The molecule has 0 unspecified atom stereocenters. The normalized spacial score (nSPS) is 10.6. The molecule has 2 aromatic rings. The Kier molecular flexibility index (Phi) is 3.67. The van der Waals surface area contributed by atoms with E-state index in [2.05, 4.69) is 4.98 Å². The molecule has 1 aromatic heterocycles. The SMILES string of the molecule is CCCn1c(=O)[nH]c(Cl)c(-c2ccccc2)c1=O. The summed E-state index contributed by atoms with van der Waals surface area (Å²) >= 11 is 5.97. The number of rotatable bonds is 3. The maximum Gasteiger partial charge on any atom is 0.329 e. The van der Waals surface area contributed by atoms with Crippen molar-refractivity contribution in [1.82, 2.24) is 9.55 Å². The number of nitrogens with one attached hydrogen (secondary N) is 1. The molecule has 0 amide bonds. The van der Waals surface area contributed by atoms with E-state index in [9.17, 15) is 9.59 Å². The summed E-state index contributed by atoms with van der Waals surface area (Å²) in [6.45, 7) is 2.29. The molecule has 2 rings (SSSR count). The van der Waals surface area contributed by atoms with Gasteiger partial charge in [-0.15, -0.1) is 0 Å². The number of hydrogen-bond acceptors (Lipinski definition) is 2. The molecule has 0 fully saturated rings. The number of H-pyrrole nitrogens is 1. The fraction of sp³-hybridized carbons (Fsp3) is 0.231. The molecule has 94 valence electrons. The monoisotopic (exact) mass is 264 g/mol. The topological polar surface area (TPSA) is 54.9 Å². The maximum absolute atomic E-state index is 12.3. The summed E-state index contributed by atoms with van der Waals surface area (Å²) in [6, 6.07) is 9.07. The average molecular weight is 265 g/mol. The van der Waals surface area contributed by atoms with Crippen molar-refractivity contribution in [1.29, 1.82) is 0 Å². The zero-order valence-corrected chi connectivity index (χ0v) is 10.7. The van der Waals surface area contributed by atoms with E-state index < -0.39 is 5.69 Å². The molecule has 18 heavy (non-hydrogen) atoms. The second-order valence-electron chi connectivity index (χ2n) is 3.94. The van der Waals surface area contributed by atoms with Crippen LogP contribution in [0.1, 0.15) is 13.3 Å². The summed E-state index contributed by atoms with van der Waals surface area (Å²) in [5, 5.41) is 0.0866. The van der Waals surface area contributed by atoms with E-state index in [0.717, 1.165) is 0 Å². The van der Waals surface area contributed by atoms with Crippen LogP contribution in [-0.2, 0) is 6.54 Å². The molecule has 0 spiro atoms. The van der Waals surface area contributed by atoms with E-state index in [1.54, 1.807) is 12.1 Å². The van der Waals surface area contributed by atoms with Gasteiger partial charge >= 0.3 is 5.69 Å². The van der Waals surface area contributed by atoms with Crippen molar-refractivity contribution >= 4 is 11.6 Å². The molecular formula is C13H13ClN2O2. The second kappa shape index (κ2) is 5.23. The quantitative estimate of drug-likeness (QED) is 0.865. The zero-order valence-electron chi connectivity index (χ0n) is 9.94. The van der Waals surface area contributed by atoms with E-state index in [4.69, 9.17) is 11.6 Å². The first kappa shape index (κ1) is 12.6. The molecule has 1 heterocycles. The highest BCUT2D eigenvalue weighted by Gasteiger charge is 2.13. The van der Waals surface area contributed by atoms with Crippen LogP contribution in [0.25, 0.3) is 11.1 Å². The fourth-order valence-corrected chi connectivity index (χ4v) is 2.10. The zero-order chi connectivity index (χ0) is 13.1. The molecule has 0 atom stereocenters. The first-order valence-electron chi connectivity index (χ1n) is 5.73. The predicted octanol–water partition coefficient (Wildman–Crippen LogP) is 2.27. The Bertz CT molecular complexity index is 659. The van der Waals surface area contributed by atoms with Crippen molar-refractivity contribution < 1.29 is 0 Å². The molecule has 1 N–H and O–H groups in total. The standard InChI is InChI=1S/C13H13ClN2O2/c1-2-8-16-12(17)10(11(14)15-13(16)18)9-6-4-3-5-7-9/h3-7H,2,8H2,1H3,(H,15,18). The van der Waals surface area contributed by atoms with Crippen molar-refractivity contribution in [2.24, 2.45) is 0 Å². The van der Waals surface area contributed by atoms with Crippen molar-refractivity contribution in [3.05, 3.63) is 56.3 Å². The van der Waals surface area contributed by atoms with E-state index in [0.29, 0.717) is 24.1 Å². The highest BCUT2D eigenvalue weighted by Crippen LogP contribution is 2.20. The molecule has 4 nitrogen and oxygen atoms in total. The van der Waals surface area contributed by atoms with Gasteiger partial charge < -0.3 is 0 Å². The highest BCUT2D eigenvalue weighted by atomic mass is 35.5. The van der Waals surface area contributed by atoms with Crippen LogP contribution in [0.4, 0.5) is 0 Å². The average Bonchev–Trinajstić information content (AvgIpc) is 2.35. The molecule has 1 aromatic carbocycles. The lowest BCUT2D eigenvalue weighted by Gasteiger charge is -2.08. The van der Waals surface area contributed by atoms with Gasteiger partial charge in [-0.05, 0) is 12.0 Å². The Labute approximate surface area is 109 Å². The van der Waals surface area contributed by atoms with Gasteiger partial charge in [-0.25, -0.2) is 4.79 Å². The van der Waals surface area contributed by atoms with Gasteiger partial charge in [0.15, 0.2) is 0 Å². The molecular weight excluding hydrogens is 252 g/mol. The number of aromatic amines is 1. The van der Waals surface area contributed by atoms with Gasteiger partial charge in [0, 0.05) is 6.54 Å². The Morgan fingerprint density at radius 1 is 1.22 bits per heavy atom. The summed E-state index contributed by atoms with van der Waals surface area (Å²) in [7, 11) is 0. The van der Waals surface area contributed by atoms with Crippen LogP contribution >= 0.6 is 11.6 Å². The highest BCUT2D eigenvalue weighted by molar-refractivity contribution is 6.32. The van der Waals surface area contributed by atoms with Gasteiger partial charge in [-0.2, -0.15) is 0 Å². The number of benzene rings is 1. The molecule has 0 aliphatic heterocycles. The first-order valence-corrected chi connectivity index (χ1v) is 6.11. The predicted molar refractivity (Wildman–Crippen MR) is 72.1 cm³/mol. The first-order chi connectivity index (χ1) is 8.65. The van der Waals surface area contributed by atoms with E-state index in [1.165, 1.54) is 4.57 Å². The summed E-state index contributed by atoms with van der Waals surface area (Å²) in [4.78, 5) is 26.4. The molecule has 0 saturated heterocycles. The van der Waals surface area contributed by atoms with E-state index >= 15 is 0 Å². The minimum Gasteiger partial charge on any atom is -0.297 e. The van der Waals surface area contributed by atoms with Crippen LogP contribution in [0.2, 0.25) is 5.15 Å². The molecule has 0 aliphatic rings. The largest absolute Gasteiger partial charge is 0.329 e. The van der Waals surface area contributed by atoms with Crippen LogP contribution in [-0.4, -0.2) is 9.55 Å². The van der Waals surface area contributed by atoms with Crippen LogP contribution in [0.5, 0.6) is 0 Å². The van der Waals surface area contributed by atoms with Gasteiger partial charge in [0.05, 0.1) is 5.56 Å². The van der Waals surface area contributed by atoms with Crippen molar-refractivity contribution in [2.45, 2.75) is 19.9 Å². The molecule has 5 heteroatoms. The van der Waals surface area contributed by atoms with Crippen molar-refractivity contribution in [3.8, 4) is 11.1 Å². The second-order valence-corrected chi connectivity index (χ2v) is 4.32. The van der Waals surface area contributed by atoms with Crippen LogP contribution in [0, 0.1) is 0 Å². The van der Waals surface area contributed by atoms with E-state index in [1.807, 2.05) is 25.1 Å². The Morgan fingerprint density at radius 3 is 2.50 bits per heavy atom. The Morgan fingerprint density at radius 2 is 1.89 bits per heavy atom. The van der Waals surface area contributed by atoms with Gasteiger partial charge in [0.25, 0.3) is 5.56 Å². The third kappa shape index (κ3) is 2.24. The smallest absolute Gasteiger partial charge is 0.297 e. The molecule has 0 saturated carbocycles. The van der Waals surface area contributed by atoms with Gasteiger partial charge in [-0.1, -0.05) is 48.9 Å². The minimum atomic E-state index is -0.466. The van der Waals surface area contributed by atoms with Gasteiger partial charge in [0.2, 0.25) is 0 Å². The van der Waals surface area contributed by atoms with Crippen molar-refractivity contribution in [2.75, 3.05) is 0 Å². The number of aromatic nitrogens is 2. The van der Waals surface area contributed by atoms with E-state index in [-0.39, 0.29) is 10.7 Å². The lowest BCUT2D eigenvalue weighted by Crippen LogP contribution is -2.36. The van der Waals surface area contributed by atoms with Crippen LogP contribution in [0.15, 0.2) is 39.9 Å². The third-order valence-corrected chi connectivity index (χ3v) is 2.93. The summed E-state index contributed by atoms with van der Waals surface area (Å²) in [6.07, 6.45) is 0.707. The summed E-state index contributed by atoms with van der Waals surface area (Å²) in [5.41, 5.74) is 0.224. The molecule has 0 bridgehead atoms. The Balaban J connectivity index is 2.73. The molecule has 0 radical (unpaired) electrons. The fourth-order valence-electron chi connectivity index (χ4n) is 1.83. The number of hydrogen-bond donors (Lipinski definition) is 1. The number of nitrogens with zero attached hydrogens (tertiary/aromatic N) is 1. The summed E-state index contributed by atoms with van der Waals surface area (Å²) in [5.74, 6) is 0. The minimum absolute atomic E-state index is 0.0866. The lowest BCUT2D eigenvalue weighted by atomic mass is 10.1. The third-order valence-electron chi connectivity index (χ3n) is 2.65.